The highest BCUT2D eigenvalue weighted by molar-refractivity contribution is 9.10. The van der Waals surface area contributed by atoms with Gasteiger partial charge in [-0.2, -0.15) is 0 Å². The number of amides is 1. The molecule has 0 radical (unpaired) electrons. The number of methoxy groups -OCH3 is 1. The Morgan fingerprint density at radius 1 is 1.16 bits per heavy atom. The van der Waals surface area contributed by atoms with Gasteiger partial charge in [0.25, 0.3) is 0 Å². The molecule has 0 saturated heterocycles. The smallest absolute Gasteiger partial charge is 0.249 e. The van der Waals surface area contributed by atoms with Crippen LogP contribution in [0.5, 0.6) is 5.75 Å². The van der Waals surface area contributed by atoms with E-state index < -0.39 is 0 Å². The van der Waals surface area contributed by atoms with E-state index in [1.54, 1.807) is 31.7 Å². The molecule has 0 aliphatic rings. The van der Waals surface area contributed by atoms with E-state index >= 15 is 0 Å². The number of allylic oxidation sites excluding steroid dienone is 1. The van der Waals surface area contributed by atoms with E-state index in [-0.39, 0.29) is 5.91 Å². The molecule has 6 heteroatoms. The zero-order valence-electron chi connectivity index (χ0n) is 18.3. The average molecular weight is 491 g/mol. The highest BCUT2D eigenvalue weighted by atomic mass is 79.9. The number of carbonyl (C=O) groups is 1. The van der Waals surface area contributed by atoms with Crippen molar-refractivity contribution < 1.29 is 13.9 Å². The molecule has 0 unspecified atom stereocenters. The molecule has 2 heterocycles. The number of rotatable bonds is 5. The number of halogens is 1. The van der Waals surface area contributed by atoms with Gasteiger partial charge in [-0.05, 0) is 61.7 Å². The number of fused-ring (bicyclic) bond motifs is 1. The van der Waals surface area contributed by atoms with Crippen LogP contribution in [0.1, 0.15) is 23.6 Å². The number of ether oxygens (including phenoxy) is 1. The van der Waals surface area contributed by atoms with Crippen molar-refractivity contribution in [2.45, 2.75) is 20.8 Å². The Morgan fingerprint density at radius 3 is 2.56 bits per heavy atom. The SMILES string of the molecule is COc1c(/C(C)=C/C(=O)Nc2ccc(C)cn2)cc2c(-c3ccc(Br)cc3)coc2c1C. The molecule has 0 fully saturated rings. The zero-order chi connectivity index (χ0) is 22.8. The molecule has 0 bridgehead atoms. The first-order valence-electron chi connectivity index (χ1n) is 10.1. The molecule has 2 aromatic carbocycles. The molecule has 32 heavy (non-hydrogen) atoms. The highest BCUT2D eigenvalue weighted by Crippen LogP contribution is 2.40. The number of nitrogens with zero attached hydrogens (tertiary/aromatic N) is 1. The number of nitrogens with one attached hydrogen (secondary N) is 1. The number of aryl methyl sites for hydroxylation is 2. The van der Waals surface area contributed by atoms with Gasteiger partial charge >= 0.3 is 0 Å². The Bertz CT molecular complexity index is 1320. The Hall–Kier alpha value is -3.38. The summed E-state index contributed by atoms with van der Waals surface area (Å²) >= 11 is 3.48. The molecule has 0 aliphatic heterocycles. The van der Waals surface area contributed by atoms with Gasteiger partial charge in [0.15, 0.2) is 0 Å². The van der Waals surface area contributed by atoms with Gasteiger partial charge in [-0.3, -0.25) is 4.79 Å². The lowest BCUT2D eigenvalue weighted by atomic mass is 9.96. The summed E-state index contributed by atoms with van der Waals surface area (Å²) in [5.41, 5.74) is 6.34. The molecule has 0 spiro atoms. The molecule has 162 valence electrons. The molecule has 4 aromatic rings. The van der Waals surface area contributed by atoms with Crippen molar-refractivity contribution in [3.63, 3.8) is 0 Å². The van der Waals surface area contributed by atoms with Gasteiger partial charge < -0.3 is 14.5 Å². The van der Waals surface area contributed by atoms with Crippen LogP contribution in [0.4, 0.5) is 5.82 Å². The van der Waals surface area contributed by atoms with E-state index in [9.17, 15) is 4.79 Å². The van der Waals surface area contributed by atoms with Crippen molar-refractivity contribution in [3.8, 4) is 16.9 Å². The van der Waals surface area contributed by atoms with Crippen molar-refractivity contribution in [3.05, 3.63) is 82.2 Å². The van der Waals surface area contributed by atoms with E-state index in [1.807, 2.05) is 57.2 Å². The van der Waals surface area contributed by atoms with Crippen LogP contribution in [0.2, 0.25) is 0 Å². The minimum atomic E-state index is -0.251. The summed E-state index contributed by atoms with van der Waals surface area (Å²) < 4.78 is 12.6. The van der Waals surface area contributed by atoms with E-state index in [4.69, 9.17) is 9.15 Å². The van der Waals surface area contributed by atoms with Crippen LogP contribution in [-0.4, -0.2) is 18.0 Å². The minimum absolute atomic E-state index is 0.251. The van der Waals surface area contributed by atoms with Crippen molar-refractivity contribution >= 4 is 44.2 Å². The summed E-state index contributed by atoms with van der Waals surface area (Å²) in [5, 5.41) is 3.77. The third kappa shape index (κ3) is 4.32. The van der Waals surface area contributed by atoms with Gasteiger partial charge in [0.2, 0.25) is 5.91 Å². The van der Waals surface area contributed by atoms with Crippen molar-refractivity contribution in [1.29, 1.82) is 0 Å². The zero-order valence-corrected chi connectivity index (χ0v) is 19.9. The van der Waals surface area contributed by atoms with Crippen LogP contribution in [0.15, 0.2) is 69.9 Å². The Labute approximate surface area is 195 Å². The lowest BCUT2D eigenvalue weighted by Crippen LogP contribution is -2.10. The summed E-state index contributed by atoms with van der Waals surface area (Å²) in [5.74, 6) is 0.943. The van der Waals surface area contributed by atoms with E-state index in [0.29, 0.717) is 11.6 Å². The molecule has 4 rings (SSSR count). The Kier molecular flexibility index (Phi) is 6.15. The normalized spacial score (nSPS) is 11.6. The number of carbonyl (C=O) groups excluding carboxylic acids is 1. The average Bonchev–Trinajstić information content (AvgIpc) is 3.20. The number of aromatic nitrogens is 1. The second-order valence-electron chi connectivity index (χ2n) is 7.65. The van der Waals surface area contributed by atoms with Crippen LogP contribution in [0, 0.1) is 13.8 Å². The maximum absolute atomic E-state index is 12.6. The fourth-order valence-corrected chi connectivity index (χ4v) is 3.97. The standard InChI is InChI=1S/C26H23BrN2O3/c1-15-5-10-23(28-13-15)29-24(30)11-16(2)20-12-21-22(18-6-8-19(27)9-7-18)14-32-26(21)17(3)25(20)31-4/h5-14H,1-4H3,(H,28,29,30)/b16-11+. The summed E-state index contributed by atoms with van der Waals surface area (Å²) in [6, 6.07) is 13.8. The van der Waals surface area contributed by atoms with E-state index in [0.717, 1.165) is 48.8 Å². The summed E-state index contributed by atoms with van der Waals surface area (Å²) in [4.78, 5) is 16.8. The predicted octanol–water partition coefficient (Wildman–Crippen LogP) is 6.92. The largest absolute Gasteiger partial charge is 0.496 e. The molecule has 1 N–H and O–H groups in total. The third-order valence-corrected chi connectivity index (χ3v) is 5.87. The monoisotopic (exact) mass is 490 g/mol. The fraction of sp³-hybridized carbons (Fsp3) is 0.154. The van der Waals surface area contributed by atoms with Crippen LogP contribution < -0.4 is 10.1 Å². The number of benzene rings is 2. The maximum atomic E-state index is 12.6. The van der Waals surface area contributed by atoms with Gasteiger partial charge in [-0.15, -0.1) is 0 Å². The van der Waals surface area contributed by atoms with Gasteiger partial charge in [0.05, 0.1) is 13.4 Å². The fourth-order valence-electron chi connectivity index (χ4n) is 3.70. The van der Waals surface area contributed by atoms with E-state index in [2.05, 4.69) is 26.2 Å². The Balaban J connectivity index is 1.75. The second-order valence-corrected chi connectivity index (χ2v) is 8.57. The first kappa shape index (κ1) is 21.8. The van der Waals surface area contributed by atoms with Crippen molar-refractivity contribution in [1.82, 2.24) is 4.98 Å². The van der Waals surface area contributed by atoms with Crippen LogP contribution in [-0.2, 0) is 4.79 Å². The van der Waals surface area contributed by atoms with Gasteiger partial charge in [-0.1, -0.05) is 34.1 Å². The predicted molar refractivity (Wildman–Crippen MR) is 132 cm³/mol. The molecule has 0 aliphatic carbocycles. The summed E-state index contributed by atoms with van der Waals surface area (Å²) in [6.07, 6.45) is 5.04. The van der Waals surface area contributed by atoms with Crippen molar-refractivity contribution in [2.75, 3.05) is 12.4 Å². The summed E-state index contributed by atoms with van der Waals surface area (Å²) in [6.45, 7) is 5.81. The first-order chi connectivity index (χ1) is 15.4. The number of furan rings is 1. The highest BCUT2D eigenvalue weighted by Gasteiger charge is 2.19. The third-order valence-electron chi connectivity index (χ3n) is 5.34. The number of pyridine rings is 1. The van der Waals surface area contributed by atoms with Gasteiger partial charge in [-0.25, -0.2) is 4.98 Å². The van der Waals surface area contributed by atoms with Gasteiger partial charge in [0.1, 0.15) is 17.2 Å². The van der Waals surface area contributed by atoms with E-state index in [1.165, 1.54) is 0 Å². The van der Waals surface area contributed by atoms with Crippen LogP contribution in [0.3, 0.4) is 0 Å². The summed E-state index contributed by atoms with van der Waals surface area (Å²) in [7, 11) is 1.62. The first-order valence-corrected chi connectivity index (χ1v) is 10.9. The lowest BCUT2D eigenvalue weighted by molar-refractivity contribution is -0.111. The molecular formula is C26H23BrN2O3. The lowest BCUT2D eigenvalue weighted by Gasteiger charge is -2.13. The van der Waals surface area contributed by atoms with Crippen molar-refractivity contribution in [2.24, 2.45) is 0 Å². The molecule has 2 aromatic heterocycles. The molecule has 1 amide bonds. The number of anilines is 1. The van der Waals surface area contributed by atoms with Gasteiger partial charge in [0, 0.05) is 38.8 Å². The molecule has 0 saturated carbocycles. The molecule has 5 nitrogen and oxygen atoms in total. The second kappa shape index (κ2) is 9.01. The molecular weight excluding hydrogens is 468 g/mol. The number of hydrogen-bond donors (Lipinski definition) is 1. The topological polar surface area (TPSA) is 64.4 Å². The maximum Gasteiger partial charge on any atom is 0.249 e. The molecule has 0 atom stereocenters. The van der Waals surface area contributed by atoms with Crippen LogP contribution >= 0.6 is 15.9 Å². The Morgan fingerprint density at radius 2 is 1.91 bits per heavy atom. The minimum Gasteiger partial charge on any atom is -0.496 e. The number of hydrogen-bond acceptors (Lipinski definition) is 4. The van der Waals surface area contributed by atoms with Crippen LogP contribution in [0.25, 0.3) is 27.7 Å². The quantitative estimate of drug-likeness (QED) is 0.308.